The van der Waals surface area contributed by atoms with Crippen LogP contribution < -0.4 is 21.8 Å². The van der Waals surface area contributed by atoms with Crippen molar-refractivity contribution in [2.75, 3.05) is 11.5 Å². The number of hydrogen-bond donors (Lipinski definition) is 3. The van der Waals surface area contributed by atoms with Crippen LogP contribution in [0.1, 0.15) is 28.2 Å². The number of nitrogens with two attached hydrogens (primary N) is 2. The number of carboxylic acid groups (broad SMARTS) is 1. The molecule has 8 heteroatoms. The van der Waals surface area contributed by atoms with Gasteiger partial charge in [-0.25, -0.2) is 4.79 Å². The highest BCUT2D eigenvalue weighted by Crippen LogP contribution is 2.37. The van der Waals surface area contributed by atoms with E-state index in [4.69, 9.17) is 21.4 Å². The summed E-state index contributed by atoms with van der Waals surface area (Å²) in [5.74, 6) is -2.51. The lowest BCUT2D eigenvalue weighted by Crippen LogP contribution is -2.59. The van der Waals surface area contributed by atoms with Gasteiger partial charge in [-0.3, -0.25) is 0 Å². The predicted molar refractivity (Wildman–Crippen MR) is 124 cm³/mol. The summed E-state index contributed by atoms with van der Waals surface area (Å²) in [6.07, 6.45) is -5.08. The topological polar surface area (TPSA) is 89.3 Å². The van der Waals surface area contributed by atoms with Crippen LogP contribution in [-0.4, -0.2) is 25.3 Å². The minimum absolute atomic E-state index is 0.243. The molecule has 0 radical (unpaired) electrons. The van der Waals surface area contributed by atoms with Crippen molar-refractivity contribution in [2.45, 2.75) is 32.1 Å². The molecule has 1 aliphatic heterocycles. The fourth-order valence-electron chi connectivity index (χ4n) is 4.29. The predicted octanol–water partition coefficient (Wildman–Crippen LogP) is 4.11. The number of benzene rings is 3. The fraction of sp³-hybridized carbons (Fsp3) is 0.208. The molecule has 5 N–H and O–H groups in total. The molecule has 0 atom stereocenters. The largest absolute Gasteiger partial charge is 0.490 e. The first-order chi connectivity index (χ1) is 14.8. The Bertz CT molecular complexity index is 1120. The van der Waals surface area contributed by atoms with Gasteiger partial charge in [0.1, 0.15) is 8.07 Å². The number of rotatable bonds is 1. The standard InChI is InChI=1S/C22H24N2Si.C2HF3O2/c1-14-6-4-5-7-17(14)22-18-10-8-15(23)12-20(18)25(2,3)21-13-16(24)9-11-19(21)22;3-2(4,5)1(6)7/h4-13,22H,23-24H2,1-3H3;(H,6,7). The van der Waals surface area contributed by atoms with Gasteiger partial charge in [0, 0.05) is 17.3 Å². The zero-order valence-corrected chi connectivity index (χ0v) is 19.0. The maximum Gasteiger partial charge on any atom is 0.490 e. The Balaban J connectivity index is 0.000000360. The van der Waals surface area contributed by atoms with Gasteiger partial charge in [-0.1, -0.05) is 49.5 Å². The van der Waals surface area contributed by atoms with E-state index in [2.05, 4.69) is 68.5 Å². The molecule has 3 aromatic carbocycles. The molecule has 4 rings (SSSR count). The van der Waals surface area contributed by atoms with E-state index in [9.17, 15) is 13.2 Å². The summed E-state index contributed by atoms with van der Waals surface area (Å²) in [5, 5.41) is 9.98. The molecule has 3 aromatic rings. The first kappa shape index (κ1) is 23.4. The highest BCUT2D eigenvalue weighted by Gasteiger charge is 2.40. The van der Waals surface area contributed by atoms with Gasteiger partial charge in [-0.05, 0) is 63.8 Å². The smallest absolute Gasteiger partial charge is 0.475 e. The quantitative estimate of drug-likeness (QED) is 0.378. The van der Waals surface area contributed by atoms with Gasteiger partial charge < -0.3 is 16.6 Å². The Morgan fingerprint density at radius 3 is 1.72 bits per heavy atom. The summed E-state index contributed by atoms with van der Waals surface area (Å²) >= 11 is 0. The van der Waals surface area contributed by atoms with Crippen LogP contribution in [0, 0.1) is 6.92 Å². The lowest BCUT2D eigenvalue weighted by atomic mass is 9.82. The zero-order valence-electron chi connectivity index (χ0n) is 18.0. The molecule has 0 aromatic heterocycles. The lowest BCUT2D eigenvalue weighted by Gasteiger charge is -2.39. The summed E-state index contributed by atoms with van der Waals surface area (Å²) in [6, 6.07) is 21.6. The van der Waals surface area contributed by atoms with E-state index in [1.807, 2.05) is 12.1 Å². The van der Waals surface area contributed by atoms with Crippen LogP contribution in [0.3, 0.4) is 0 Å². The molecule has 1 heterocycles. The second-order valence-corrected chi connectivity index (χ2v) is 12.7. The van der Waals surface area contributed by atoms with E-state index in [-0.39, 0.29) is 5.92 Å². The van der Waals surface area contributed by atoms with Crippen LogP contribution >= 0.6 is 0 Å². The molecule has 0 aliphatic carbocycles. The molecule has 0 unspecified atom stereocenters. The SMILES string of the molecule is Cc1ccccc1C1c2ccc(N)cc2[Si](C)(C)c2cc(N)ccc21.O=C(O)C(F)(F)F. The van der Waals surface area contributed by atoms with Gasteiger partial charge in [0.25, 0.3) is 0 Å². The Labute approximate surface area is 185 Å². The van der Waals surface area contributed by atoms with Crippen molar-refractivity contribution >= 4 is 35.8 Å². The third-order valence-electron chi connectivity index (χ3n) is 5.87. The number of halogens is 3. The summed E-state index contributed by atoms with van der Waals surface area (Å²) in [5.41, 5.74) is 19.5. The summed E-state index contributed by atoms with van der Waals surface area (Å²) < 4.78 is 31.7. The third-order valence-corrected chi connectivity index (χ3v) is 9.42. The molecule has 0 spiro atoms. The minimum atomic E-state index is -5.08. The number of nitrogen functional groups attached to an aromatic ring is 2. The fourth-order valence-corrected chi connectivity index (χ4v) is 7.54. The number of carboxylic acids is 1. The van der Waals surface area contributed by atoms with Crippen LogP contribution in [-0.2, 0) is 4.79 Å². The van der Waals surface area contributed by atoms with E-state index in [1.165, 1.54) is 32.6 Å². The summed E-state index contributed by atoms with van der Waals surface area (Å²) in [4.78, 5) is 8.90. The molecule has 0 saturated heterocycles. The van der Waals surface area contributed by atoms with E-state index < -0.39 is 20.2 Å². The zero-order chi connectivity index (χ0) is 23.8. The normalized spacial score (nSPS) is 14.6. The molecule has 0 fully saturated rings. The number of anilines is 2. The Kier molecular flexibility index (Phi) is 6.10. The molecule has 1 aliphatic rings. The maximum atomic E-state index is 10.6. The summed E-state index contributed by atoms with van der Waals surface area (Å²) in [7, 11) is -1.85. The maximum absolute atomic E-state index is 10.6. The first-order valence-corrected chi connectivity index (χ1v) is 13.0. The molecule has 0 bridgehead atoms. The van der Waals surface area contributed by atoms with Crippen LogP contribution in [0.5, 0.6) is 0 Å². The van der Waals surface area contributed by atoms with Crippen molar-refractivity contribution in [3.63, 3.8) is 0 Å². The van der Waals surface area contributed by atoms with E-state index >= 15 is 0 Å². The van der Waals surface area contributed by atoms with Gasteiger partial charge >= 0.3 is 12.1 Å². The number of hydrogen-bond acceptors (Lipinski definition) is 3. The van der Waals surface area contributed by atoms with Crippen molar-refractivity contribution in [3.05, 3.63) is 82.9 Å². The van der Waals surface area contributed by atoms with Gasteiger partial charge in [-0.2, -0.15) is 13.2 Å². The van der Waals surface area contributed by atoms with Crippen molar-refractivity contribution in [1.29, 1.82) is 0 Å². The number of alkyl halides is 3. The lowest BCUT2D eigenvalue weighted by molar-refractivity contribution is -0.192. The average Bonchev–Trinajstić information content (AvgIpc) is 2.70. The van der Waals surface area contributed by atoms with Gasteiger partial charge in [0.15, 0.2) is 0 Å². The molecule has 4 nitrogen and oxygen atoms in total. The second kappa shape index (κ2) is 8.35. The number of fused-ring (bicyclic) bond motifs is 2. The second-order valence-electron chi connectivity index (χ2n) is 8.41. The molecule has 0 amide bonds. The van der Waals surface area contributed by atoms with Crippen molar-refractivity contribution in [3.8, 4) is 0 Å². The van der Waals surface area contributed by atoms with Gasteiger partial charge in [-0.15, -0.1) is 0 Å². The minimum Gasteiger partial charge on any atom is -0.475 e. The van der Waals surface area contributed by atoms with E-state index in [0.717, 1.165) is 11.4 Å². The first-order valence-electron chi connectivity index (χ1n) is 9.99. The number of aliphatic carboxylic acids is 1. The molecule has 0 saturated carbocycles. The Morgan fingerprint density at radius 2 is 1.31 bits per heavy atom. The summed E-state index contributed by atoms with van der Waals surface area (Å²) in [6.45, 7) is 7.00. The van der Waals surface area contributed by atoms with Crippen LogP contribution in [0.2, 0.25) is 13.1 Å². The van der Waals surface area contributed by atoms with Crippen molar-refractivity contribution in [2.24, 2.45) is 0 Å². The van der Waals surface area contributed by atoms with E-state index in [0.29, 0.717) is 0 Å². The van der Waals surface area contributed by atoms with Gasteiger partial charge in [0.05, 0.1) is 0 Å². The molecule has 32 heavy (non-hydrogen) atoms. The van der Waals surface area contributed by atoms with Crippen molar-refractivity contribution < 1.29 is 23.1 Å². The highest BCUT2D eigenvalue weighted by molar-refractivity contribution is 7.01. The Morgan fingerprint density at radius 1 is 0.875 bits per heavy atom. The highest BCUT2D eigenvalue weighted by atomic mass is 28.3. The third kappa shape index (κ3) is 4.36. The van der Waals surface area contributed by atoms with Crippen LogP contribution in [0.4, 0.5) is 24.5 Å². The average molecular weight is 459 g/mol. The van der Waals surface area contributed by atoms with Crippen LogP contribution in [0.25, 0.3) is 0 Å². The molecule has 168 valence electrons. The van der Waals surface area contributed by atoms with Gasteiger partial charge in [0.2, 0.25) is 0 Å². The van der Waals surface area contributed by atoms with Crippen LogP contribution in [0.15, 0.2) is 60.7 Å². The Hall–Kier alpha value is -3.26. The number of aryl methyl sites for hydroxylation is 1. The van der Waals surface area contributed by atoms with E-state index in [1.54, 1.807) is 0 Å². The van der Waals surface area contributed by atoms with Crippen molar-refractivity contribution in [1.82, 2.24) is 0 Å². The monoisotopic (exact) mass is 458 g/mol. The molecular weight excluding hydrogens is 433 g/mol. The molecular formula is C24H25F3N2O2Si. The number of carbonyl (C=O) groups is 1.